The molecule has 4 heteroatoms. The Hall–Kier alpha value is -1.26. The van der Waals surface area contributed by atoms with E-state index in [1.54, 1.807) is 12.1 Å². The number of aryl methyl sites for hydroxylation is 1. The van der Waals surface area contributed by atoms with Crippen LogP contribution in [-0.4, -0.2) is 35.1 Å². The minimum absolute atomic E-state index is 0.0238. The fourth-order valence-electron chi connectivity index (χ4n) is 2.66. The van der Waals surface area contributed by atoms with Crippen molar-refractivity contribution in [1.82, 2.24) is 0 Å². The van der Waals surface area contributed by atoms with Crippen molar-refractivity contribution in [3.05, 3.63) is 23.8 Å². The normalized spacial score (nSPS) is 11.0. The van der Waals surface area contributed by atoms with E-state index < -0.39 is 0 Å². The van der Waals surface area contributed by atoms with Crippen LogP contribution in [0.3, 0.4) is 0 Å². The molecule has 4 nitrogen and oxygen atoms in total. The lowest BCUT2D eigenvalue weighted by atomic mass is 10.0. The third-order valence-electron chi connectivity index (χ3n) is 4.03. The number of rotatable bonds is 14. The summed E-state index contributed by atoms with van der Waals surface area (Å²) in [4.78, 5) is 0. The predicted octanol–water partition coefficient (Wildman–Crippen LogP) is 4.16. The highest BCUT2D eigenvalue weighted by atomic mass is 16.5. The van der Waals surface area contributed by atoms with Crippen LogP contribution in [-0.2, 0) is 11.2 Å². The van der Waals surface area contributed by atoms with Crippen molar-refractivity contribution in [2.24, 2.45) is 0 Å². The summed E-state index contributed by atoms with van der Waals surface area (Å²) in [6.07, 6.45) is 12.1. The second kappa shape index (κ2) is 13.2. The van der Waals surface area contributed by atoms with Crippen LogP contribution in [0.5, 0.6) is 11.5 Å². The lowest BCUT2D eigenvalue weighted by Gasteiger charge is -2.05. The molecule has 1 aromatic rings. The summed E-state index contributed by atoms with van der Waals surface area (Å²) in [7, 11) is 0. The SMILES string of the molecule is OCCOCCCCCCCCCCCc1ccc(O)c(O)c1. The molecule has 0 bridgehead atoms. The Bertz CT molecular complexity index is 406. The highest BCUT2D eigenvalue weighted by Crippen LogP contribution is 2.25. The average molecular weight is 324 g/mol. The molecular formula is C19H32O4. The van der Waals surface area contributed by atoms with Crippen LogP contribution >= 0.6 is 0 Å². The van der Waals surface area contributed by atoms with Crippen LogP contribution in [0.1, 0.15) is 63.4 Å². The molecule has 1 rings (SSSR count). The zero-order valence-electron chi connectivity index (χ0n) is 14.2. The van der Waals surface area contributed by atoms with Crippen LogP contribution < -0.4 is 0 Å². The summed E-state index contributed by atoms with van der Waals surface area (Å²) < 4.78 is 5.23. The molecule has 0 atom stereocenters. The van der Waals surface area contributed by atoms with Gasteiger partial charge in [0, 0.05) is 6.61 Å². The van der Waals surface area contributed by atoms with Crippen molar-refractivity contribution in [1.29, 1.82) is 0 Å². The second-order valence-corrected chi connectivity index (χ2v) is 6.09. The molecule has 0 aliphatic heterocycles. The Labute approximate surface area is 140 Å². The molecule has 0 fully saturated rings. The Kier molecular flexibility index (Phi) is 11.4. The highest BCUT2D eigenvalue weighted by molar-refractivity contribution is 5.40. The van der Waals surface area contributed by atoms with Gasteiger partial charge in [-0.25, -0.2) is 0 Å². The zero-order chi connectivity index (χ0) is 16.8. The van der Waals surface area contributed by atoms with Crippen LogP contribution in [0.15, 0.2) is 18.2 Å². The maximum absolute atomic E-state index is 9.44. The van der Waals surface area contributed by atoms with Crippen molar-refractivity contribution in [3.63, 3.8) is 0 Å². The Morgan fingerprint density at radius 1 is 0.696 bits per heavy atom. The summed E-state index contributed by atoms with van der Waals surface area (Å²) in [6.45, 7) is 1.35. The molecule has 0 unspecified atom stereocenters. The van der Waals surface area contributed by atoms with Gasteiger partial charge in [-0.2, -0.15) is 0 Å². The molecule has 0 radical (unpaired) electrons. The van der Waals surface area contributed by atoms with E-state index in [0.717, 1.165) is 31.4 Å². The summed E-state index contributed by atoms with van der Waals surface area (Å²) in [5.41, 5.74) is 1.09. The number of ether oxygens (including phenoxy) is 1. The first-order chi connectivity index (χ1) is 11.2. The number of unbranched alkanes of at least 4 members (excludes halogenated alkanes) is 8. The van der Waals surface area contributed by atoms with E-state index in [0.29, 0.717) is 6.61 Å². The molecule has 1 aromatic carbocycles. The van der Waals surface area contributed by atoms with E-state index in [1.165, 1.54) is 44.9 Å². The standard InChI is InChI=1S/C19H32O4/c20-13-15-23-14-9-7-5-3-1-2-4-6-8-10-17-11-12-18(21)19(22)16-17/h11-12,16,20-22H,1-10,13-15H2. The van der Waals surface area contributed by atoms with Gasteiger partial charge in [-0.1, -0.05) is 51.0 Å². The van der Waals surface area contributed by atoms with Crippen molar-refractivity contribution < 1.29 is 20.1 Å². The van der Waals surface area contributed by atoms with Crippen LogP contribution in [0, 0.1) is 0 Å². The fourth-order valence-corrected chi connectivity index (χ4v) is 2.66. The number of aliphatic hydroxyl groups is 1. The van der Waals surface area contributed by atoms with E-state index in [1.807, 2.05) is 6.07 Å². The van der Waals surface area contributed by atoms with Gasteiger partial charge in [0.1, 0.15) is 0 Å². The van der Waals surface area contributed by atoms with Crippen LogP contribution in [0.4, 0.5) is 0 Å². The van der Waals surface area contributed by atoms with E-state index in [2.05, 4.69) is 0 Å². The minimum atomic E-state index is -0.0475. The van der Waals surface area contributed by atoms with Crippen LogP contribution in [0.25, 0.3) is 0 Å². The number of hydrogen-bond acceptors (Lipinski definition) is 4. The number of phenolic OH excluding ortho intramolecular Hbond substituents is 2. The Morgan fingerprint density at radius 2 is 1.30 bits per heavy atom. The molecule has 0 saturated carbocycles. The molecule has 0 spiro atoms. The quantitative estimate of drug-likeness (QED) is 0.355. The van der Waals surface area contributed by atoms with Gasteiger partial charge in [-0.05, 0) is 37.0 Å². The average Bonchev–Trinajstić information content (AvgIpc) is 2.55. The summed E-state index contributed by atoms with van der Waals surface area (Å²) in [6, 6.07) is 5.08. The molecule has 23 heavy (non-hydrogen) atoms. The Balaban J connectivity index is 1.85. The van der Waals surface area contributed by atoms with Gasteiger partial charge in [0.25, 0.3) is 0 Å². The first-order valence-electron chi connectivity index (χ1n) is 8.93. The summed E-state index contributed by atoms with van der Waals surface area (Å²) in [5, 5.41) is 27.3. The molecular weight excluding hydrogens is 292 g/mol. The van der Waals surface area contributed by atoms with Crippen LogP contribution in [0.2, 0.25) is 0 Å². The highest BCUT2D eigenvalue weighted by Gasteiger charge is 2.00. The topological polar surface area (TPSA) is 69.9 Å². The maximum atomic E-state index is 9.44. The van der Waals surface area contributed by atoms with Gasteiger partial charge in [0.2, 0.25) is 0 Å². The van der Waals surface area contributed by atoms with E-state index in [-0.39, 0.29) is 18.1 Å². The minimum Gasteiger partial charge on any atom is -0.504 e. The maximum Gasteiger partial charge on any atom is 0.157 e. The van der Waals surface area contributed by atoms with Gasteiger partial charge in [0.05, 0.1) is 13.2 Å². The third-order valence-corrected chi connectivity index (χ3v) is 4.03. The molecule has 0 amide bonds. The predicted molar refractivity (Wildman–Crippen MR) is 92.9 cm³/mol. The molecule has 0 aromatic heterocycles. The van der Waals surface area contributed by atoms with Gasteiger partial charge < -0.3 is 20.1 Å². The molecule has 3 N–H and O–H groups in total. The molecule has 0 aliphatic rings. The van der Waals surface area contributed by atoms with Crippen molar-refractivity contribution >= 4 is 0 Å². The van der Waals surface area contributed by atoms with Gasteiger partial charge in [-0.3, -0.25) is 0 Å². The fraction of sp³-hybridized carbons (Fsp3) is 0.684. The summed E-state index contributed by atoms with van der Waals surface area (Å²) >= 11 is 0. The first kappa shape index (κ1) is 19.8. The third kappa shape index (κ3) is 10.2. The molecule has 0 aliphatic carbocycles. The molecule has 0 saturated heterocycles. The number of phenols is 2. The molecule has 0 heterocycles. The number of benzene rings is 1. The van der Waals surface area contributed by atoms with E-state index in [4.69, 9.17) is 9.84 Å². The number of aliphatic hydroxyl groups excluding tert-OH is 1. The van der Waals surface area contributed by atoms with E-state index >= 15 is 0 Å². The second-order valence-electron chi connectivity index (χ2n) is 6.09. The van der Waals surface area contributed by atoms with Crippen molar-refractivity contribution in [2.75, 3.05) is 19.8 Å². The zero-order valence-corrected chi connectivity index (χ0v) is 14.2. The van der Waals surface area contributed by atoms with Crippen molar-refractivity contribution in [3.8, 4) is 11.5 Å². The monoisotopic (exact) mass is 324 g/mol. The number of aromatic hydroxyl groups is 2. The molecule has 132 valence electrons. The van der Waals surface area contributed by atoms with E-state index in [9.17, 15) is 10.2 Å². The van der Waals surface area contributed by atoms with Gasteiger partial charge >= 0.3 is 0 Å². The van der Waals surface area contributed by atoms with Crippen molar-refractivity contribution in [2.45, 2.75) is 64.2 Å². The lowest BCUT2D eigenvalue weighted by molar-refractivity contribution is 0.0895. The summed E-state index contributed by atoms with van der Waals surface area (Å²) in [5.74, 6) is -0.0713. The lowest BCUT2D eigenvalue weighted by Crippen LogP contribution is -2.00. The number of hydrogen-bond donors (Lipinski definition) is 3. The first-order valence-corrected chi connectivity index (χ1v) is 8.93. The largest absolute Gasteiger partial charge is 0.504 e. The smallest absolute Gasteiger partial charge is 0.157 e. The van der Waals surface area contributed by atoms with Gasteiger partial charge in [0.15, 0.2) is 11.5 Å². The van der Waals surface area contributed by atoms with Gasteiger partial charge in [-0.15, -0.1) is 0 Å². The Morgan fingerprint density at radius 3 is 1.91 bits per heavy atom.